The molecule has 0 radical (unpaired) electrons. The van der Waals surface area contributed by atoms with Crippen molar-refractivity contribution < 1.29 is 28.2 Å². The molecule has 2 aromatic rings. The first-order valence-electron chi connectivity index (χ1n) is 8.86. The van der Waals surface area contributed by atoms with Crippen molar-refractivity contribution in [2.24, 2.45) is 0 Å². The van der Waals surface area contributed by atoms with E-state index in [1.54, 1.807) is 13.0 Å². The third kappa shape index (κ3) is 3.45. The molecule has 3 amide bonds. The molecule has 4 rings (SSSR count). The van der Waals surface area contributed by atoms with Gasteiger partial charge < -0.3 is 19.5 Å². The number of hydrogen-bond acceptors (Lipinski definition) is 5. The minimum absolute atomic E-state index is 0.0960. The second-order valence-corrected chi connectivity index (χ2v) is 6.89. The Morgan fingerprint density at radius 1 is 1.14 bits per heavy atom. The highest BCUT2D eigenvalue weighted by Crippen LogP contribution is 2.34. The molecule has 0 aromatic heterocycles. The summed E-state index contributed by atoms with van der Waals surface area (Å²) in [6, 6.07) is 10.5. The maximum absolute atomic E-state index is 12.9. The molecule has 2 aromatic carbocycles. The summed E-state index contributed by atoms with van der Waals surface area (Å²) < 4.78 is 29.1. The Morgan fingerprint density at radius 3 is 2.68 bits per heavy atom. The first-order chi connectivity index (χ1) is 13.4. The first-order valence-corrected chi connectivity index (χ1v) is 8.86. The Bertz CT molecular complexity index is 917. The number of imide groups is 1. The highest BCUT2D eigenvalue weighted by molar-refractivity contribution is 6.07. The molecule has 7 nitrogen and oxygen atoms in total. The summed E-state index contributed by atoms with van der Waals surface area (Å²) in [4.78, 5) is 26.3. The molecule has 0 bridgehead atoms. The number of nitrogens with zero attached hydrogens (tertiary/aromatic N) is 1. The van der Waals surface area contributed by atoms with Crippen molar-refractivity contribution in [2.75, 3.05) is 19.9 Å². The van der Waals surface area contributed by atoms with E-state index in [0.717, 1.165) is 10.5 Å². The molecule has 28 heavy (non-hydrogen) atoms. The van der Waals surface area contributed by atoms with Gasteiger partial charge in [-0.25, -0.2) is 9.18 Å². The Labute approximate surface area is 161 Å². The molecule has 0 unspecified atom stereocenters. The molecule has 146 valence electrons. The molecule has 0 aliphatic carbocycles. The number of fused-ring (bicyclic) bond motifs is 1. The normalized spacial score (nSPS) is 20.4. The lowest BCUT2D eigenvalue weighted by atomic mass is 9.92. The van der Waals surface area contributed by atoms with Crippen LogP contribution in [0.3, 0.4) is 0 Å². The maximum Gasteiger partial charge on any atom is 0.325 e. The molecule has 2 aliphatic heterocycles. The number of halogens is 1. The van der Waals surface area contributed by atoms with Crippen LogP contribution in [0.5, 0.6) is 17.2 Å². The van der Waals surface area contributed by atoms with Crippen LogP contribution in [-0.2, 0) is 11.2 Å². The van der Waals surface area contributed by atoms with Crippen LogP contribution < -0.4 is 19.5 Å². The van der Waals surface area contributed by atoms with Crippen LogP contribution >= 0.6 is 0 Å². The summed E-state index contributed by atoms with van der Waals surface area (Å²) in [6.45, 7) is 2.08. The van der Waals surface area contributed by atoms with Crippen LogP contribution in [0.15, 0.2) is 42.5 Å². The van der Waals surface area contributed by atoms with E-state index in [9.17, 15) is 14.0 Å². The van der Waals surface area contributed by atoms with Crippen LogP contribution in [0.4, 0.5) is 9.18 Å². The highest BCUT2D eigenvalue weighted by Gasteiger charge is 2.47. The monoisotopic (exact) mass is 386 g/mol. The van der Waals surface area contributed by atoms with E-state index < -0.39 is 11.6 Å². The van der Waals surface area contributed by atoms with Crippen LogP contribution in [0.1, 0.15) is 12.5 Å². The van der Waals surface area contributed by atoms with Gasteiger partial charge in [-0.1, -0.05) is 6.07 Å². The zero-order chi connectivity index (χ0) is 19.7. The Kier molecular flexibility index (Phi) is 4.54. The molecule has 1 N–H and O–H groups in total. The van der Waals surface area contributed by atoms with Crippen molar-refractivity contribution in [1.29, 1.82) is 0 Å². The second kappa shape index (κ2) is 7.03. The lowest BCUT2D eigenvalue weighted by Gasteiger charge is -2.22. The number of benzene rings is 2. The van der Waals surface area contributed by atoms with Gasteiger partial charge in [0, 0.05) is 6.42 Å². The smallest absolute Gasteiger partial charge is 0.325 e. The van der Waals surface area contributed by atoms with Crippen molar-refractivity contribution >= 4 is 11.9 Å². The van der Waals surface area contributed by atoms with Crippen LogP contribution in [-0.4, -0.2) is 42.3 Å². The Morgan fingerprint density at radius 2 is 1.89 bits per heavy atom. The average molecular weight is 386 g/mol. The molecule has 0 spiro atoms. The van der Waals surface area contributed by atoms with Gasteiger partial charge in [-0.05, 0) is 48.9 Å². The topological polar surface area (TPSA) is 77.1 Å². The van der Waals surface area contributed by atoms with E-state index in [0.29, 0.717) is 23.7 Å². The second-order valence-electron chi connectivity index (χ2n) is 6.89. The van der Waals surface area contributed by atoms with Gasteiger partial charge in [-0.2, -0.15) is 0 Å². The van der Waals surface area contributed by atoms with Gasteiger partial charge in [0.2, 0.25) is 6.79 Å². The van der Waals surface area contributed by atoms with Gasteiger partial charge in [0.05, 0.1) is 6.54 Å². The van der Waals surface area contributed by atoms with E-state index in [-0.39, 0.29) is 31.7 Å². The summed E-state index contributed by atoms with van der Waals surface area (Å²) in [5.41, 5.74) is -0.203. The molecule has 0 saturated carbocycles. The van der Waals surface area contributed by atoms with E-state index >= 15 is 0 Å². The highest BCUT2D eigenvalue weighted by atomic mass is 19.1. The summed E-state index contributed by atoms with van der Waals surface area (Å²) in [5.74, 6) is 1.08. The zero-order valence-corrected chi connectivity index (χ0v) is 15.2. The Hall–Kier alpha value is -3.29. The summed E-state index contributed by atoms with van der Waals surface area (Å²) >= 11 is 0. The number of hydrogen-bond donors (Lipinski definition) is 1. The summed E-state index contributed by atoms with van der Waals surface area (Å²) in [6.07, 6.45) is 0.323. The first kappa shape index (κ1) is 18.1. The number of carbonyl (C=O) groups is 2. The van der Waals surface area contributed by atoms with E-state index in [2.05, 4.69) is 5.32 Å². The Balaban J connectivity index is 1.39. The molecular weight excluding hydrogens is 367 g/mol. The molecule has 8 heteroatoms. The third-order valence-corrected chi connectivity index (χ3v) is 4.74. The van der Waals surface area contributed by atoms with E-state index in [4.69, 9.17) is 14.2 Å². The fraction of sp³-hybridized carbons (Fsp3) is 0.300. The van der Waals surface area contributed by atoms with Crippen molar-refractivity contribution in [3.8, 4) is 17.2 Å². The number of amides is 3. The SMILES string of the molecule is C[C@@]1(Cc2ccc3c(c2)OCO3)NC(=O)N(CCOc2ccc(F)cc2)C1=O. The van der Waals surface area contributed by atoms with Crippen molar-refractivity contribution in [3.05, 3.63) is 53.8 Å². The predicted octanol–water partition coefficient (Wildman–Crippen LogP) is 2.49. The maximum atomic E-state index is 12.9. The molecule has 2 aliphatic rings. The molecule has 1 saturated heterocycles. The number of nitrogens with one attached hydrogen (secondary N) is 1. The molecule has 2 heterocycles. The molecule has 1 fully saturated rings. The number of rotatable bonds is 6. The van der Waals surface area contributed by atoms with Crippen molar-refractivity contribution in [3.63, 3.8) is 0 Å². The van der Waals surface area contributed by atoms with Crippen molar-refractivity contribution in [1.82, 2.24) is 10.2 Å². The van der Waals surface area contributed by atoms with Gasteiger partial charge in [-0.15, -0.1) is 0 Å². The summed E-state index contributed by atoms with van der Waals surface area (Å²) in [7, 11) is 0. The van der Waals surface area contributed by atoms with Gasteiger partial charge in [0.25, 0.3) is 5.91 Å². The number of carbonyl (C=O) groups excluding carboxylic acids is 2. The molecular formula is C20H19FN2O5. The largest absolute Gasteiger partial charge is 0.492 e. The average Bonchev–Trinajstić information content (AvgIpc) is 3.21. The van der Waals surface area contributed by atoms with E-state index in [1.165, 1.54) is 24.3 Å². The predicted molar refractivity (Wildman–Crippen MR) is 96.8 cm³/mol. The lowest BCUT2D eigenvalue weighted by molar-refractivity contribution is -0.131. The summed E-state index contributed by atoms with van der Waals surface area (Å²) in [5, 5.41) is 2.76. The minimum Gasteiger partial charge on any atom is -0.492 e. The zero-order valence-electron chi connectivity index (χ0n) is 15.2. The van der Waals surface area contributed by atoms with Crippen LogP contribution in [0.2, 0.25) is 0 Å². The fourth-order valence-corrected chi connectivity index (χ4v) is 3.31. The van der Waals surface area contributed by atoms with E-state index in [1.807, 2.05) is 12.1 Å². The van der Waals surface area contributed by atoms with Crippen LogP contribution in [0, 0.1) is 5.82 Å². The number of urea groups is 1. The quantitative estimate of drug-likeness (QED) is 0.772. The van der Waals surface area contributed by atoms with Gasteiger partial charge >= 0.3 is 6.03 Å². The standard InChI is InChI=1S/C20H19FN2O5/c1-20(11-13-2-7-16-17(10-13)28-12-27-16)18(24)23(19(25)22-20)8-9-26-15-5-3-14(21)4-6-15/h2-7,10H,8-9,11-12H2,1H3,(H,22,25)/t20-/m0/s1. The lowest BCUT2D eigenvalue weighted by Crippen LogP contribution is -2.46. The van der Waals surface area contributed by atoms with Crippen LogP contribution in [0.25, 0.3) is 0 Å². The minimum atomic E-state index is -1.05. The van der Waals surface area contributed by atoms with Gasteiger partial charge in [-0.3, -0.25) is 9.69 Å². The van der Waals surface area contributed by atoms with Gasteiger partial charge in [0.1, 0.15) is 23.7 Å². The van der Waals surface area contributed by atoms with Gasteiger partial charge in [0.15, 0.2) is 11.5 Å². The molecule has 1 atom stereocenters. The van der Waals surface area contributed by atoms with Crippen molar-refractivity contribution in [2.45, 2.75) is 18.9 Å². The number of ether oxygens (including phenoxy) is 3. The third-order valence-electron chi connectivity index (χ3n) is 4.74. The fourth-order valence-electron chi connectivity index (χ4n) is 3.31.